The van der Waals surface area contributed by atoms with Crippen LogP contribution < -0.4 is 10.9 Å². The maximum absolute atomic E-state index is 13.0. The van der Waals surface area contributed by atoms with E-state index in [1.807, 2.05) is 43.3 Å². The van der Waals surface area contributed by atoms with Crippen LogP contribution in [-0.2, 0) is 22.6 Å². The van der Waals surface area contributed by atoms with E-state index >= 15 is 0 Å². The zero-order valence-electron chi connectivity index (χ0n) is 17.5. The molecule has 7 nitrogen and oxygen atoms in total. The third kappa shape index (κ3) is 4.67. The van der Waals surface area contributed by atoms with Crippen molar-refractivity contribution >= 4 is 22.7 Å². The van der Waals surface area contributed by atoms with Crippen LogP contribution in [0.3, 0.4) is 0 Å². The third-order valence-corrected chi connectivity index (χ3v) is 5.46. The van der Waals surface area contributed by atoms with Crippen LogP contribution in [-0.4, -0.2) is 47.6 Å². The number of aromatic nitrogens is 1. The number of hydrogen-bond acceptors (Lipinski definition) is 4. The molecule has 0 bridgehead atoms. The van der Waals surface area contributed by atoms with Gasteiger partial charge in [0.2, 0.25) is 5.91 Å². The van der Waals surface area contributed by atoms with Crippen LogP contribution in [0.4, 0.5) is 0 Å². The Morgan fingerprint density at radius 2 is 1.74 bits per heavy atom. The maximum atomic E-state index is 13.0. The second-order valence-corrected chi connectivity index (χ2v) is 7.67. The normalized spacial score (nSPS) is 13.9. The Hall–Kier alpha value is -3.45. The molecular weight excluding hydrogens is 394 g/mol. The van der Waals surface area contributed by atoms with E-state index < -0.39 is 0 Å². The Morgan fingerprint density at radius 3 is 2.48 bits per heavy atom. The lowest BCUT2D eigenvalue weighted by Gasteiger charge is -2.27. The zero-order valence-corrected chi connectivity index (χ0v) is 17.5. The highest BCUT2D eigenvalue weighted by atomic mass is 16.5. The van der Waals surface area contributed by atoms with E-state index in [1.54, 1.807) is 17.0 Å². The smallest absolute Gasteiger partial charge is 0.254 e. The number of amides is 2. The lowest BCUT2D eigenvalue weighted by atomic mass is 10.1. The monoisotopic (exact) mass is 419 g/mol. The third-order valence-electron chi connectivity index (χ3n) is 5.46. The number of benzene rings is 2. The van der Waals surface area contributed by atoms with Crippen molar-refractivity contribution in [3.8, 4) is 0 Å². The molecular formula is C24H25N3O4. The average molecular weight is 419 g/mol. The van der Waals surface area contributed by atoms with E-state index in [-0.39, 0.29) is 23.9 Å². The van der Waals surface area contributed by atoms with Gasteiger partial charge >= 0.3 is 0 Å². The van der Waals surface area contributed by atoms with Crippen LogP contribution in [0.15, 0.2) is 59.4 Å². The fourth-order valence-electron chi connectivity index (χ4n) is 3.72. The van der Waals surface area contributed by atoms with Crippen LogP contribution in [0.5, 0.6) is 0 Å². The van der Waals surface area contributed by atoms with Crippen LogP contribution in [0.1, 0.15) is 21.5 Å². The van der Waals surface area contributed by atoms with Gasteiger partial charge in [0.05, 0.1) is 24.3 Å². The SMILES string of the molecule is Cc1ccc(CNC(=O)Cn2c(=O)cc(C(=O)N3CCOCC3)c3ccccc32)cc1. The fourth-order valence-corrected chi connectivity index (χ4v) is 3.72. The molecule has 4 rings (SSSR count). The molecule has 1 aromatic heterocycles. The number of aryl methyl sites for hydroxylation is 1. The number of para-hydroxylation sites is 1. The summed E-state index contributed by atoms with van der Waals surface area (Å²) in [5.74, 6) is -0.451. The first-order valence-corrected chi connectivity index (χ1v) is 10.3. The number of carbonyl (C=O) groups excluding carboxylic acids is 2. The van der Waals surface area contributed by atoms with Gasteiger partial charge in [-0.2, -0.15) is 0 Å². The van der Waals surface area contributed by atoms with Crippen molar-refractivity contribution in [2.75, 3.05) is 26.3 Å². The minimum atomic E-state index is -0.374. The molecule has 0 saturated carbocycles. The number of nitrogens with one attached hydrogen (secondary N) is 1. The lowest BCUT2D eigenvalue weighted by Crippen LogP contribution is -2.41. The molecule has 0 spiro atoms. The van der Waals surface area contributed by atoms with Crippen LogP contribution >= 0.6 is 0 Å². The summed E-state index contributed by atoms with van der Waals surface area (Å²) in [6, 6.07) is 16.4. The van der Waals surface area contributed by atoms with Gasteiger partial charge in [-0.25, -0.2) is 0 Å². The Kier molecular flexibility index (Phi) is 6.13. The molecule has 1 fully saturated rings. The van der Waals surface area contributed by atoms with Gasteiger partial charge in [-0.05, 0) is 18.6 Å². The summed E-state index contributed by atoms with van der Waals surface area (Å²) in [4.78, 5) is 40.2. The largest absolute Gasteiger partial charge is 0.378 e. The van der Waals surface area contributed by atoms with E-state index in [9.17, 15) is 14.4 Å². The first kappa shape index (κ1) is 20.8. The molecule has 1 saturated heterocycles. The van der Waals surface area contributed by atoms with E-state index in [0.29, 0.717) is 49.3 Å². The Morgan fingerprint density at radius 1 is 1.03 bits per heavy atom. The summed E-state index contributed by atoms with van der Waals surface area (Å²) < 4.78 is 6.73. The van der Waals surface area contributed by atoms with Crippen LogP contribution in [0, 0.1) is 6.92 Å². The summed E-state index contributed by atoms with van der Waals surface area (Å²) >= 11 is 0. The molecule has 2 heterocycles. The van der Waals surface area contributed by atoms with Crippen molar-refractivity contribution in [2.45, 2.75) is 20.0 Å². The summed E-state index contributed by atoms with van der Waals surface area (Å²) in [6.07, 6.45) is 0. The molecule has 0 radical (unpaired) electrons. The van der Waals surface area contributed by atoms with E-state index in [2.05, 4.69) is 5.32 Å². The fraction of sp³-hybridized carbons (Fsp3) is 0.292. The number of ether oxygens (including phenoxy) is 1. The van der Waals surface area contributed by atoms with E-state index in [4.69, 9.17) is 4.74 Å². The van der Waals surface area contributed by atoms with Gasteiger partial charge in [0.25, 0.3) is 11.5 Å². The summed E-state index contributed by atoms with van der Waals surface area (Å²) in [7, 11) is 0. The molecule has 3 aromatic rings. The first-order chi connectivity index (χ1) is 15.0. The highest BCUT2D eigenvalue weighted by molar-refractivity contribution is 6.06. The van der Waals surface area contributed by atoms with Gasteiger partial charge in [-0.15, -0.1) is 0 Å². The number of rotatable bonds is 5. The van der Waals surface area contributed by atoms with Crippen molar-refractivity contribution < 1.29 is 14.3 Å². The van der Waals surface area contributed by atoms with Crippen LogP contribution in [0.2, 0.25) is 0 Å². The van der Waals surface area contributed by atoms with Gasteiger partial charge in [-0.3, -0.25) is 19.0 Å². The number of hydrogen-bond donors (Lipinski definition) is 1. The summed E-state index contributed by atoms with van der Waals surface area (Å²) in [6.45, 7) is 4.25. The Balaban J connectivity index is 1.57. The molecule has 7 heteroatoms. The van der Waals surface area contributed by atoms with Crippen LogP contribution in [0.25, 0.3) is 10.9 Å². The second-order valence-electron chi connectivity index (χ2n) is 7.67. The predicted octanol–water partition coefficient (Wildman–Crippen LogP) is 2.10. The maximum Gasteiger partial charge on any atom is 0.254 e. The quantitative estimate of drug-likeness (QED) is 0.687. The molecule has 1 N–H and O–H groups in total. The van der Waals surface area contributed by atoms with Gasteiger partial charge in [0, 0.05) is 31.1 Å². The highest BCUT2D eigenvalue weighted by Crippen LogP contribution is 2.19. The minimum Gasteiger partial charge on any atom is -0.378 e. The zero-order chi connectivity index (χ0) is 21.8. The predicted molar refractivity (Wildman–Crippen MR) is 118 cm³/mol. The van der Waals surface area contributed by atoms with E-state index in [1.165, 1.54) is 10.6 Å². The number of carbonyl (C=O) groups is 2. The van der Waals surface area contributed by atoms with Gasteiger partial charge in [0.1, 0.15) is 6.54 Å². The molecule has 0 atom stereocenters. The van der Waals surface area contributed by atoms with Gasteiger partial charge < -0.3 is 15.0 Å². The lowest BCUT2D eigenvalue weighted by molar-refractivity contribution is -0.121. The number of morpholine rings is 1. The second kappa shape index (κ2) is 9.14. The topological polar surface area (TPSA) is 80.6 Å². The average Bonchev–Trinajstić information content (AvgIpc) is 2.80. The summed E-state index contributed by atoms with van der Waals surface area (Å²) in [5.41, 5.74) is 2.69. The summed E-state index contributed by atoms with van der Waals surface area (Å²) in [5, 5.41) is 3.52. The van der Waals surface area contributed by atoms with Gasteiger partial charge in [-0.1, -0.05) is 48.0 Å². The Labute approximate surface area is 180 Å². The molecule has 1 aliphatic rings. The van der Waals surface area contributed by atoms with E-state index in [0.717, 1.165) is 11.1 Å². The van der Waals surface area contributed by atoms with Crippen molar-refractivity contribution in [3.63, 3.8) is 0 Å². The number of pyridine rings is 1. The van der Waals surface area contributed by atoms with Crippen molar-refractivity contribution in [3.05, 3.63) is 81.6 Å². The van der Waals surface area contributed by atoms with Gasteiger partial charge in [0.15, 0.2) is 0 Å². The highest BCUT2D eigenvalue weighted by Gasteiger charge is 2.22. The molecule has 2 aromatic carbocycles. The van der Waals surface area contributed by atoms with Crippen molar-refractivity contribution in [1.29, 1.82) is 0 Å². The number of nitrogens with zero attached hydrogens (tertiary/aromatic N) is 2. The molecule has 0 aliphatic carbocycles. The molecule has 160 valence electrons. The molecule has 1 aliphatic heterocycles. The molecule has 2 amide bonds. The molecule has 0 unspecified atom stereocenters. The standard InChI is InChI=1S/C24H25N3O4/c1-17-6-8-18(9-7-17)15-25-22(28)16-27-21-5-3-2-4-19(21)20(14-23(27)29)24(30)26-10-12-31-13-11-26/h2-9,14H,10-13,15-16H2,1H3,(H,25,28). The van der Waals surface area contributed by atoms with Crippen molar-refractivity contribution in [2.24, 2.45) is 0 Å². The van der Waals surface area contributed by atoms with Crippen molar-refractivity contribution in [1.82, 2.24) is 14.8 Å². The minimum absolute atomic E-state index is 0.114. The first-order valence-electron chi connectivity index (χ1n) is 10.3. The molecule has 31 heavy (non-hydrogen) atoms. The number of fused-ring (bicyclic) bond motifs is 1. The Bertz CT molecular complexity index is 1160.